The first-order chi connectivity index (χ1) is 8.70. The van der Waals surface area contributed by atoms with Gasteiger partial charge in [-0.15, -0.1) is 0 Å². The van der Waals surface area contributed by atoms with Gasteiger partial charge in [-0.1, -0.05) is 36.0 Å². The molecule has 100 valence electrons. The summed E-state index contributed by atoms with van der Waals surface area (Å²) in [7, 11) is 0. The molecule has 0 aliphatic heterocycles. The summed E-state index contributed by atoms with van der Waals surface area (Å²) in [5.41, 5.74) is 0. The Morgan fingerprint density at radius 1 is 1.22 bits per heavy atom. The van der Waals surface area contributed by atoms with Gasteiger partial charge < -0.3 is 10.6 Å². The molecule has 0 bridgehead atoms. The van der Waals surface area contributed by atoms with E-state index < -0.39 is 0 Å². The molecule has 1 fully saturated rings. The third-order valence-corrected chi connectivity index (χ3v) is 3.63. The van der Waals surface area contributed by atoms with Gasteiger partial charge >= 0.3 is 0 Å². The van der Waals surface area contributed by atoms with Crippen LogP contribution in [0.5, 0.6) is 0 Å². The van der Waals surface area contributed by atoms with E-state index in [4.69, 9.17) is 23.2 Å². The van der Waals surface area contributed by atoms with Gasteiger partial charge in [-0.3, -0.25) is 0 Å². The molecule has 0 spiro atoms. The standard InChI is InChI=1S/C13H19Cl2N3/c1-2-16-12-10(14)8-11(15)13(18-12)17-7-3-4-9-5-6-9/h8-9H,2-7H2,1H3,(H2,16,17,18). The largest absolute Gasteiger partial charge is 0.369 e. The van der Waals surface area contributed by atoms with E-state index in [2.05, 4.69) is 15.6 Å². The molecule has 2 rings (SSSR count). The van der Waals surface area contributed by atoms with Crippen molar-refractivity contribution in [1.82, 2.24) is 4.98 Å². The molecule has 2 N–H and O–H groups in total. The van der Waals surface area contributed by atoms with E-state index in [9.17, 15) is 0 Å². The SMILES string of the molecule is CCNc1nc(NCCCC2CC2)c(Cl)cc1Cl. The van der Waals surface area contributed by atoms with Crippen molar-refractivity contribution >= 4 is 34.8 Å². The number of halogens is 2. The molecule has 0 saturated heterocycles. The Morgan fingerprint density at radius 3 is 2.50 bits per heavy atom. The van der Waals surface area contributed by atoms with Crippen molar-refractivity contribution in [2.24, 2.45) is 5.92 Å². The predicted molar refractivity (Wildman–Crippen MR) is 78.9 cm³/mol. The van der Waals surface area contributed by atoms with Crippen LogP contribution in [-0.2, 0) is 0 Å². The maximum atomic E-state index is 6.12. The Hall–Kier alpha value is -0.670. The second kappa shape index (κ2) is 6.48. The van der Waals surface area contributed by atoms with Gasteiger partial charge in [0.25, 0.3) is 0 Å². The van der Waals surface area contributed by atoms with E-state index in [1.807, 2.05) is 6.92 Å². The summed E-state index contributed by atoms with van der Waals surface area (Å²) < 4.78 is 0. The normalized spacial score (nSPS) is 14.6. The van der Waals surface area contributed by atoms with Crippen LogP contribution in [0.15, 0.2) is 6.07 Å². The van der Waals surface area contributed by atoms with Crippen LogP contribution in [0.2, 0.25) is 10.0 Å². The van der Waals surface area contributed by atoms with Crippen LogP contribution in [0, 0.1) is 5.92 Å². The highest BCUT2D eigenvalue weighted by atomic mass is 35.5. The number of rotatable bonds is 7. The summed E-state index contributed by atoms with van der Waals surface area (Å²) in [6.45, 7) is 3.71. The number of anilines is 2. The fourth-order valence-corrected chi connectivity index (χ4v) is 2.38. The zero-order valence-electron chi connectivity index (χ0n) is 10.6. The lowest BCUT2D eigenvalue weighted by molar-refractivity contribution is 0.686. The first-order valence-electron chi connectivity index (χ1n) is 6.54. The highest BCUT2D eigenvalue weighted by molar-refractivity contribution is 6.37. The van der Waals surface area contributed by atoms with Crippen LogP contribution >= 0.6 is 23.2 Å². The lowest BCUT2D eigenvalue weighted by Crippen LogP contribution is -2.07. The maximum Gasteiger partial charge on any atom is 0.147 e. The molecule has 0 unspecified atom stereocenters. The maximum absolute atomic E-state index is 6.12. The van der Waals surface area contributed by atoms with Crippen molar-refractivity contribution < 1.29 is 0 Å². The van der Waals surface area contributed by atoms with Crippen molar-refractivity contribution in [3.63, 3.8) is 0 Å². The number of aromatic nitrogens is 1. The summed E-state index contributed by atoms with van der Waals surface area (Å²) >= 11 is 12.2. The van der Waals surface area contributed by atoms with Gasteiger partial charge in [0.05, 0.1) is 10.0 Å². The quantitative estimate of drug-likeness (QED) is 0.729. The minimum atomic E-state index is 0.561. The van der Waals surface area contributed by atoms with E-state index in [1.54, 1.807) is 6.07 Å². The number of hydrogen-bond acceptors (Lipinski definition) is 3. The third kappa shape index (κ3) is 3.92. The molecule has 1 heterocycles. The second-order valence-corrected chi connectivity index (χ2v) is 5.51. The van der Waals surface area contributed by atoms with Crippen molar-refractivity contribution in [3.05, 3.63) is 16.1 Å². The van der Waals surface area contributed by atoms with Crippen LogP contribution in [0.4, 0.5) is 11.6 Å². The Kier molecular flexibility index (Phi) is 4.95. The topological polar surface area (TPSA) is 37.0 Å². The molecule has 0 aromatic carbocycles. The summed E-state index contributed by atoms with van der Waals surface area (Å²) in [5.74, 6) is 2.37. The Bertz CT molecular complexity index is 405. The zero-order valence-corrected chi connectivity index (χ0v) is 12.1. The van der Waals surface area contributed by atoms with Gasteiger partial charge in [-0.25, -0.2) is 4.98 Å². The molecule has 18 heavy (non-hydrogen) atoms. The van der Waals surface area contributed by atoms with Crippen LogP contribution in [-0.4, -0.2) is 18.1 Å². The summed E-state index contributed by atoms with van der Waals surface area (Å²) in [6, 6.07) is 1.73. The molecular formula is C13H19Cl2N3. The summed E-state index contributed by atoms with van der Waals surface area (Å²) in [4.78, 5) is 4.41. The molecule has 0 amide bonds. The zero-order chi connectivity index (χ0) is 13.0. The average molecular weight is 288 g/mol. The first-order valence-corrected chi connectivity index (χ1v) is 7.30. The fraction of sp³-hybridized carbons (Fsp3) is 0.615. The Balaban J connectivity index is 1.90. The molecule has 1 aliphatic carbocycles. The van der Waals surface area contributed by atoms with Crippen LogP contribution in [0.25, 0.3) is 0 Å². The molecule has 0 radical (unpaired) electrons. The predicted octanol–water partition coefficient (Wildman–Crippen LogP) is 4.42. The lowest BCUT2D eigenvalue weighted by Gasteiger charge is -2.11. The smallest absolute Gasteiger partial charge is 0.147 e. The van der Waals surface area contributed by atoms with Crippen molar-refractivity contribution in [2.45, 2.75) is 32.6 Å². The molecule has 3 nitrogen and oxygen atoms in total. The second-order valence-electron chi connectivity index (χ2n) is 4.69. The molecule has 1 aromatic rings. The summed E-state index contributed by atoms with van der Waals surface area (Å²) in [5, 5.41) is 7.54. The minimum absolute atomic E-state index is 0.561. The van der Waals surface area contributed by atoms with Gasteiger partial charge in [0, 0.05) is 13.1 Å². The van der Waals surface area contributed by atoms with E-state index in [1.165, 1.54) is 25.7 Å². The molecule has 5 heteroatoms. The Morgan fingerprint density at radius 2 is 1.89 bits per heavy atom. The number of hydrogen-bond donors (Lipinski definition) is 2. The first kappa shape index (κ1) is 13.8. The van der Waals surface area contributed by atoms with Crippen LogP contribution in [0.1, 0.15) is 32.6 Å². The molecule has 1 aromatic heterocycles. The third-order valence-electron chi connectivity index (χ3n) is 3.05. The van der Waals surface area contributed by atoms with Crippen LogP contribution < -0.4 is 10.6 Å². The molecule has 0 atom stereocenters. The minimum Gasteiger partial charge on any atom is -0.369 e. The van der Waals surface area contributed by atoms with E-state index in [-0.39, 0.29) is 0 Å². The number of pyridine rings is 1. The van der Waals surface area contributed by atoms with Gasteiger partial charge in [0.2, 0.25) is 0 Å². The molecule has 1 aliphatic rings. The van der Waals surface area contributed by atoms with Gasteiger partial charge in [0.1, 0.15) is 11.6 Å². The van der Waals surface area contributed by atoms with E-state index >= 15 is 0 Å². The van der Waals surface area contributed by atoms with Crippen molar-refractivity contribution in [2.75, 3.05) is 23.7 Å². The highest BCUT2D eigenvalue weighted by Crippen LogP contribution is 2.33. The number of nitrogens with one attached hydrogen (secondary N) is 2. The average Bonchev–Trinajstić information content (AvgIpc) is 3.14. The lowest BCUT2D eigenvalue weighted by atomic mass is 10.2. The molecule has 1 saturated carbocycles. The van der Waals surface area contributed by atoms with Crippen molar-refractivity contribution in [3.8, 4) is 0 Å². The van der Waals surface area contributed by atoms with Crippen molar-refractivity contribution in [1.29, 1.82) is 0 Å². The molecular weight excluding hydrogens is 269 g/mol. The van der Waals surface area contributed by atoms with Gasteiger partial charge in [-0.05, 0) is 31.7 Å². The fourth-order valence-electron chi connectivity index (χ4n) is 1.89. The van der Waals surface area contributed by atoms with Gasteiger partial charge in [-0.2, -0.15) is 0 Å². The van der Waals surface area contributed by atoms with Gasteiger partial charge in [0.15, 0.2) is 0 Å². The monoisotopic (exact) mass is 287 g/mol. The highest BCUT2D eigenvalue weighted by Gasteiger charge is 2.20. The number of nitrogens with zero attached hydrogens (tertiary/aromatic N) is 1. The van der Waals surface area contributed by atoms with E-state index in [0.29, 0.717) is 21.7 Å². The summed E-state index contributed by atoms with van der Waals surface area (Å²) in [6.07, 6.45) is 5.29. The Labute approximate surface area is 118 Å². The van der Waals surface area contributed by atoms with E-state index in [0.717, 1.165) is 19.0 Å². The van der Waals surface area contributed by atoms with Crippen LogP contribution in [0.3, 0.4) is 0 Å².